The van der Waals surface area contributed by atoms with Crippen LogP contribution in [0.2, 0.25) is 0 Å². The number of hydrogen-bond donors (Lipinski definition) is 0. The molecule has 0 spiro atoms. The summed E-state index contributed by atoms with van der Waals surface area (Å²) >= 11 is 0. The monoisotopic (exact) mass is 296 g/mol. The average molecular weight is 296 g/mol. The van der Waals surface area contributed by atoms with Crippen LogP contribution < -0.4 is 0 Å². The zero-order valence-electron chi connectivity index (χ0n) is 13.0. The fraction of sp³-hybridized carbons (Fsp3) is 0.400. The van der Waals surface area contributed by atoms with Gasteiger partial charge in [-0.3, -0.25) is 0 Å². The Labute approximate surface area is 133 Å². The van der Waals surface area contributed by atoms with Crippen molar-refractivity contribution in [1.82, 2.24) is 0 Å². The summed E-state index contributed by atoms with van der Waals surface area (Å²) in [5, 5.41) is 0. The van der Waals surface area contributed by atoms with Gasteiger partial charge in [0, 0.05) is 0 Å². The molecule has 1 aliphatic carbocycles. The van der Waals surface area contributed by atoms with Crippen LogP contribution >= 0.6 is 0 Å². The minimum absolute atomic E-state index is 0.666. The van der Waals surface area contributed by atoms with Gasteiger partial charge >= 0.3 is 0 Å². The highest BCUT2D eigenvalue weighted by Gasteiger charge is 2.30. The Morgan fingerprint density at radius 3 is 1.41 bits per heavy atom. The molecule has 1 fully saturated rings. The minimum atomic E-state index is 0.666. The van der Waals surface area contributed by atoms with E-state index in [9.17, 15) is 0 Å². The van der Waals surface area contributed by atoms with Gasteiger partial charge in [-0.1, -0.05) is 60.7 Å². The second-order valence-electron chi connectivity index (χ2n) is 6.10. The summed E-state index contributed by atoms with van der Waals surface area (Å²) < 4.78 is 11.7. The fourth-order valence-electron chi connectivity index (χ4n) is 2.88. The van der Waals surface area contributed by atoms with Gasteiger partial charge in [-0.2, -0.15) is 0 Å². The van der Waals surface area contributed by atoms with Gasteiger partial charge in [0.2, 0.25) is 0 Å². The molecule has 1 saturated carbocycles. The molecule has 0 radical (unpaired) electrons. The van der Waals surface area contributed by atoms with Crippen LogP contribution in [0.1, 0.15) is 24.0 Å². The van der Waals surface area contributed by atoms with Crippen LogP contribution in [0.3, 0.4) is 0 Å². The largest absolute Gasteiger partial charge is 0.376 e. The van der Waals surface area contributed by atoms with Crippen molar-refractivity contribution in [1.29, 1.82) is 0 Å². The maximum atomic E-state index is 5.86. The maximum Gasteiger partial charge on any atom is 0.0717 e. The zero-order valence-corrected chi connectivity index (χ0v) is 13.0. The Morgan fingerprint density at radius 2 is 1.05 bits per heavy atom. The summed E-state index contributed by atoms with van der Waals surface area (Å²) in [6, 6.07) is 20.8. The van der Waals surface area contributed by atoms with E-state index < -0.39 is 0 Å². The van der Waals surface area contributed by atoms with Crippen molar-refractivity contribution in [2.75, 3.05) is 13.2 Å². The van der Waals surface area contributed by atoms with E-state index in [0.717, 1.165) is 26.4 Å². The predicted octanol–water partition coefficient (Wildman–Crippen LogP) is 4.45. The van der Waals surface area contributed by atoms with Gasteiger partial charge < -0.3 is 9.47 Å². The van der Waals surface area contributed by atoms with Crippen LogP contribution in [-0.4, -0.2) is 13.2 Å². The summed E-state index contributed by atoms with van der Waals surface area (Å²) in [5.41, 5.74) is 2.50. The molecule has 2 aromatic rings. The lowest BCUT2D eigenvalue weighted by atomic mass is 9.74. The van der Waals surface area contributed by atoms with E-state index in [0.29, 0.717) is 11.8 Å². The molecule has 0 aliphatic heterocycles. The summed E-state index contributed by atoms with van der Waals surface area (Å²) in [7, 11) is 0. The van der Waals surface area contributed by atoms with E-state index in [1.54, 1.807) is 0 Å². The van der Waals surface area contributed by atoms with E-state index >= 15 is 0 Å². The van der Waals surface area contributed by atoms with Crippen molar-refractivity contribution >= 4 is 0 Å². The van der Waals surface area contributed by atoms with E-state index in [-0.39, 0.29) is 0 Å². The van der Waals surface area contributed by atoms with Crippen LogP contribution in [0, 0.1) is 11.8 Å². The second kappa shape index (κ2) is 8.11. The van der Waals surface area contributed by atoms with Gasteiger partial charge in [0.15, 0.2) is 0 Å². The molecule has 0 bridgehead atoms. The first-order valence-corrected chi connectivity index (χ1v) is 8.15. The van der Waals surface area contributed by atoms with Gasteiger partial charge in [-0.15, -0.1) is 0 Å². The second-order valence-corrected chi connectivity index (χ2v) is 6.10. The quantitative estimate of drug-likeness (QED) is 0.716. The predicted molar refractivity (Wildman–Crippen MR) is 88.4 cm³/mol. The Balaban J connectivity index is 1.32. The highest BCUT2D eigenvalue weighted by Crippen LogP contribution is 2.34. The molecule has 0 heterocycles. The molecule has 1 aliphatic rings. The van der Waals surface area contributed by atoms with E-state index in [1.807, 2.05) is 12.1 Å². The van der Waals surface area contributed by atoms with Crippen molar-refractivity contribution in [3.63, 3.8) is 0 Å². The molecule has 0 N–H and O–H groups in total. The molecule has 3 rings (SSSR count). The van der Waals surface area contributed by atoms with Crippen molar-refractivity contribution in [3.05, 3.63) is 71.8 Å². The first kappa shape index (κ1) is 15.3. The van der Waals surface area contributed by atoms with Gasteiger partial charge in [0.05, 0.1) is 26.4 Å². The molecule has 0 saturated heterocycles. The zero-order chi connectivity index (χ0) is 15.0. The minimum Gasteiger partial charge on any atom is -0.376 e. The van der Waals surface area contributed by atoms with Crippen molar-refractivity contribution in [2.45, 2.75) is 26.1 Å². The molecule has 116 valence electrons. The van der Waals surface area contributed by atoms with Gasteiger partial charge in [-0.25, -0.2) is 0 Å². The number of benzene rings is 2. The van der Waals surface area contributed by atoms with Crippen molar-refractivity contribution < 1.29 is 9.47 Å². The molecular weight excluding hydrogens is 272 g/mol. The lowest BCUT2D eigenvalue weighted by Crippen LogP contribution is -2.33. The highest BCUT2D eigenvalue weighted by atomic mass is 16.5. The third kappa shape index (κ3) is 4.43. The lowest BCUT2D eigenvalue weighted by Gasteiger charge is -2.36. The molecule has 2 heteroatoms. The molecule has 0 unspecified atom stereocenters. The SMILES string of the molecule is c1ccc(COC[C@H]2CC[C@@H]2COCc2ccccc2)cc1. The Kier molecular flexibility index (Phi) is 5.63. The van der Waals surface area contributed by atoms with Crippen molar-refractivity contribution in [2.24, 2.45) is 11.8 Å². The third-order valence-electron chi connectivity index (χ3n) is 4.46. The molecular formula is C20H24O2. The summed E-state index contributed by atoms with van der Waals surface area (Å²) in [4.78, 5) is 0. The summed E-state index contributed by atoms with van der Waals surface area (Å²) in [5.74, 6) is 1.33. The number of ether oxygens (including phenoxy) is 2. The Bertz CT molecular complexity index is 487. The lowest BCUT2D eigenvalue weighted by molar-refractivity contribution is -0.0234. The summed E-state index contributed by atoms with van der Waals surface area (Å²) in [6.45, 7) is 3.15. The van der Waals surface area contributed by atoms with E-state index in [1.165, 1.54) is 24.0 Å². The van der Waals surface area contributed by atoms with Crippen LogP contribution in [0.5, 0.6) is 0 Å². The Morgan fingerprint density at radius 1 is 0.636 bits per heavy atom. The van der Waals surface area contributed by atoms with Crippen molar-refractivity contribution in [3.8, 4) is 0 Å². The Hall–Kier alpha value is -1.64. The topological polar surface area (TPSA) is 18.5 Å². The van der Waals surface area contributed by atoms with Gasteiger partial charge in [-0.05, 0) is 35.8 Å². The summed E-state index contributed by atoms with van der Waals surface area (Å²) in [6.07, 6.45) is 2.54. The van der Waals surface area contributed by atoms with E-state index in [4.69, 9.17) is 9.47 Å². The smallest absolute Gasteiger partial charge is 0.0717 e. The van der Waals surface area contributed by atoms with Crippen LogP contribution in [0.25, 0.3) is 0 Å². The molecule has 2 aromatic carbocycles. The third-order valence-corrected chi connectivity index (χ3v) is 4.46. The number of rotatable bonds is 8. The van der Waals surface area contributed by atoms with Crippen LogP contribution in [-0.2, 0) is 22.7 Å². The van der Waals surface area contributed by atoms with Crippen LogP contribution in [0.4, 0.5) is 0 Å². The molecule has 22 heavy (non-hydrogen) atoms. The molecule has 2 atom stereocenters. The van der Waals surface area contributed by atoms with E-state index in [2.05, 4.69) is 48.5 Å². The molecule has 0 amide bonds. The molecule has 2 nitrogen and oxygen atoms in total. The first-order valence-electron chi connectivity index (χ1n) is 8.15. The average Bonchev–Trinajstić information content (AvgIpc) is 2.56. The normalized spacial score (nSPS) is 20.5. The highest BCUT2D eigenvalue weighted by molar-refractivity contribution is 5.14. The molecule has 0 aromatic heterocycles. The standard InChI is InChI=1S/C20H24O2/c1-3-7-17(8-4-1)13-21-15-19-11-12-20(19)16-22-14-18-9-5-2-6-10-18/h1-10,19-20H,11-16H2/t19-,20-/m1/s1. The van der Waals surface area contributed by atoms with Gasteiger partial charge in [0.25, 0.3) is 0 Å². The fourth-order valence-corrected chi connectivity index (χ4v) is 2.88. The van der Waals surface area contributed by atoms with Gasteiger partial charge in [0.1, 0.15) is 0 Å². The number of hydrogen-bond acceptors (Lipinski definition) is 2. The first-order chi connectivity index (χ1) is 10.9. The maximum absolute atomic E-state index is 5.86. The van der Waals surface area contributed by atoms with Crippen LogP contribution in [0.15, 0.2) is 60.7 Å².